The molecule has 1 atom stereocenters. The van der Waals surface area contributed by atoms with Gasteiger partial charge >= 0.3 is 0 Å². The number of likely N-dealkylation sites (tertiary alicyclic amines) is 1. The third-order valence-corrected chi connectivity index (χ3v) is 8.92. The first kappa shape index (κ1) is 22.6. The monoisotopic (exact) mass is 449 g/mol. The van der Waals surface area contributed by atoms with E-state index in [-0.39, 0.29) is 22.6 Å². The van der Waals surface area contributed by atoms with Crippen LogP contribution in [0.3, 0.4) is 0 Å². The van der Waals surface area contributed by atoms with E-state index >= 15 is 0 Å². The highest BCUT2D eigenvalue weighted by Gasteiger charge is 2.32. The topological polar surface area (TPSA) is 79.0 Å². The summed E-state index contributed by atoms with van der Waals surface area (Å²) in [5.41, 5.74) is 0.367. The molecule has 8 heteroatoms. The van der Waals surface area contributed by atoms with Gasteiger partial charge in [0.05, 0.1) is 7.11 Å². The Bertz CT molecular complexity index is 875. The second-order valence-corrected chi connectivity index (χ2v) is 11.0. The Morgan fingerprint density at radius 2 is 1.71 bits per heavy atom. The van der Waals surface area contributed by atoms with Crippen LogP contribution in [0, 0.1) is 0 Å². The van der Waals surface area contributed by atoms with Crippen LogP contribution in [0.5, 0.6) is 5.75 Å². The molecular weight excluding hydrogens is 414 g/mol. The van der Waals surface area contributed by atoms with E-state index < -0.39 is 10.0 Å². The fourth-order valence-corrected chi connectivity index (χ4v) is 6.91. The lowest BCUT2D eigenvalue weighted by molar-refractivity contribution is 0.0935. The van der Waals surface area contributed by atoms with Crippen molar-refractivity contribution in [1.29, 1.82) is 0 Å². The number of carbonyl (C=O) groups is 1. The lowest BCUT2D eigenvalue weighted by Gasteiger charge is -2.26. The molecule has 1 N–H and O–H groups in total. The quantitative estimate of drug-likeness (QED) is 0.676. The minimum atomic E-state index is -3.67. The van der Waals surface area contributed by atoms with Gasteiger partial charge in [0.25, 0.3) is 5.91 Å². The van der Waals surface area contributed by atoms with Crippen molar-refractivity contribution in [3.8, 4) is 5.75 Å². The second kappa shape index (κ2) is 9.88. The molecule has 0 spiro atoms. The largest absolute Gasteiger partial charge is 0.495 e. The van der Waals surface area contributed by atoms with E-state index in [1.54, 1.807) is 12.1 Å². The highest BCUT2D eigenvalue weighted by atomic mass is 32.2. The molecule has 2 saturated heterocycles. The highest BCUT2D eigenvalue weighted by molar-refractivity contribution is 7.89. The SMILES string of the molecule is COc1ccc(C(=O)NC2CCN(C3CCCCCC3)C2)cc1S(=O)(=O)N1CCCC1. The van der Waals surface area contributed by atoms with E-state index in [1.807, 2.05) is 0 Å². The molecule has 2 aliphatic heterocycles. The molecule has 1 aromatic carbocycles. The van der Waals surface area contributed by atoms with Crippen LogP contribution in [0.2, 0.25) is 0 Å². The summed E-state index contributed by atoms with van der Waals surface area (Å²) < 4.78 is 33.0. The van der Waals surface area contributed by atoms with Crippen molar-refractivity contribution in [2.75, 3.05) is 33.3 Å². The van der Waals surface area contributed by atoms with Gasteiger partial charge in [-0.05, 0) is 50.3 Å². The summed E-state index contributed by atoms with van der Waals surface area (Å²) in [5, 5.41) is 3.14. The third-order valence-electron chi connectivity index (χ3n) is 7.00. The Morgan fingerprint density at radius 1 is 1.00 bits per heavy atom. The first-order valence-electron chi connectivity index (χ1n) is 11.7. The van der Waals surface area contributed by atoms with Crippen LogP contribution in [0.1, 0.15) is 68.1 Å². The van der Waals surface area contributed by atoms with Crippen molar-refractivity contribution in [3.05, 3.63) is 23.8 Å². The zero-order valence-electron chi connectivity index (χ0n) is 18.5. The van der Waals surface area contributed by atoms with Gasteiger partial charge in [-0.1, -0.05) is 25.7 Å². The fraction of sp³-hybridized carbons (Fsp3) is 0.696. The predicted octanol–water partition coefficient (Wildman–Crippen LogP) is 3.01. The maximum absolute atomic E-state index is 13.1. The molecule has 0 radical (unpaired) electrons. The molecule has 4 rings (SSSR count). The average molecular weight is 450 g/mol. The van der Waals surface area contributed by atoms with Crippen molar-refractivity contribution in [1.82, 2.24) is 14.5 Å². The smallest absolute Gasteiger partial charge is 0.251 e. The van der Waals surface area contributed by atoms with Crippen LogP contribution in [0.25, 0.3) is 0 Å². The molecule has 3 fully saturated rings. The third kappa shape index (κ3) is 5.07. The van der Waals surface area contributed by atoms with Crippen LogP contribution in [0.4, 0.5) is 0 Å². The van der Waals surface area contributed by atoms with Gasteiger partial charge in [0, 0.05) is 43.8 Å². The van der Waals surface area contributed by atoms with Crippen LogP contribution in [0.15, 0.2) is 23.1 Å². The van der Waals surface area contributed by atoms with Gasteiger partial charge in [0.2, 0.25) is 10.0 Å². The second-order valence-electron chi connectivity index (χ2n) is 9.08. The lowest BCUT2D eigenvalue weighted by atomic mass is 10.1. The summed E-state index contributed by atoms with van der Waals surface area (Å²) in [6, 6.07) is 5.46. The summed E-state index contributed by atoms with van der Waals surface area (Å²) in [5.74, 6) is 0.0668. The van der Waals surface area contributed by atoms with Crippen molar-refractivity contribution in [3.63, 3.8) is 0 Å². The normalized spacial score (nSPS) is 24.2. The van der Waals surface area contributed by atoms with E-state index in [0.29, 0.717) is 24.7 Å². The summed E-state index contributed by atoms with van der Waals surface area (Å²) in [6.07, 6.45) is 10.5. The number of amides is 1. The Kier molecular flexibility index (Phi) is 7.19. The summed E-state index contributed by atoms with van der Waals surface area (Å²) in [4.78, 5) is 15.6. The van der Waals surface area contributed by atoms with Crippen LogP contribution >= 0.6 is 0 Å². The van der Waals surface area contributed by atoms with Gasteiger partial charge in [-0.25, -0.2) is 8.42 Å². The zero-order valence-corrected chi connectivity index (χ0v) is 19.3. The van der Waals surface area contributed by atoms with Gasteiger partial charge in [-0.2, -0.15) is 4.31 Å². The van der Waals surface area contributed by atoms with Gasteiger partial charge in [-0.3, -0.25) is 9.69 Å². The standard InChI is InChI=1S/C23H35N3O4S/c1-30-21-11-10-18(16-22(21)31(28,29)26-13-6-7-14-26)23(27)24-19-12-15-25(17-19)20-8-4-2-3-5-9-20/h10-11,16,19-20H,2-9,12-15,17H2,1H3,(H,24,27). The maximum Gasteiger partial charge on any atom is 0.251 e. The van der Waals surface area contributed by atoms with Crippen molar-refractivity contribution in [2.24, 2.45) is 0 Å². The van der Waals surface area contributed by atoms with E-state index in [2.05, 4.69) is 10.2 Å². The van der Waals surface area contributed by atoms with Crippen molar-refractivity contribution < 1.29 is 17.9 Å². The average Bonchev–Trinajstić information content (AvgIpc) is 3.41. The molecule has 1 aromatic rings. The van der Waals surface area contributed by atoms with Gasteiger partial charge in [0.1, 0.15) is 10.6 Å². The number of carbonyl (C=O) groups excluding carboxylic acids is 1. The van der Waals surface area contributed by atoms with E-state index in [9.17, 15) is 13.2 Å². The number of benzene rings is 1. The lowest BCUT2D eigenvalue weighted by Crippen LogP contribution is -2.39. The molecule has 172 valence electrons. The van der Waals surface area contributed by atoms with Gasteiger partial charge < -0.3 is 10.1 Å². The van der Waals surface area contributed by atoms with E-state index in [1.165, 1.54) is 56.0 Å². The molecular formula is C23H35N3O4S. The molecule has 1 amide bonds. The molecule has 1 aliphatic carbocycles. The number of hydrogen-bond donors (Lipinski definition) is 1. The molecule has 7 nitrogen and oxygen atoms in total. The first-order valence-corrected chi connectivity index (χ1v) is 13.2. The molecule has 1 saturated carbocycles. The Hall–Kier alpha value is -1.64. The number of hydrogen-bond acceptors (Lipinski definition) is 5. The number of nitrogens with one attached hydrogen (secondary N) is 1. The summed E-state index contributed by atoms with van der Waals surface area (Å²) in [7, 11) is -2.21. The van der Waals surface area contributed by atoms with E-state index in [4.69, 9.17) is 4.74 Å². The summed E-state index contributed by atoms with van der Waals surface area (Å²) in [6.45, 7) is 2.93. The molecule has 31 heavy (non-hydrogen) atoms. The zero-order chi connectivity index (χ0) is 21.8. The first-order chi connectivity index (χ1) is 15.0. The molecule has 2 heterocycles. The number of methoxy groups -OCH3 is 1. The van der Waals surface area contributed by atoms with Crippen LogP contribution in [-0.4, -0.2) is 68.9 Å². The van der Waals surface area contributed by atoms with Crippen LogP contribution in [-0.2, 0) is 10.0 Å². The van der Waals surface area contributed by atoms with Gasteiger partial charge in [-0.15, -0.1) is 0 Å². The number of rotatable bonds is 6. The maximum atomic E-state index is 13.1. The number of nitrogens with zero attached hydrogens (tertiary/aromatic N) is 2. The minimum absolute atomic E-state index is 0.0797. The van der Waals surface area contributed by atoms with Crippen molar-refractivity contribution >= 4 is 15.9 Å². The molecule has 0 bridgehead atoms. The number of ether oxygens (including phenoxy) is 1. The summed E-state index contributed by atoms with van der Waals surface area (Å²) >= 11 is 0. The number of sulfonamides is 1. The highest BCUT2D eigenvalue weighted by Crippen LogP contribution is 2.30. The Labute approximate surface area is 186 Å². The fourth-order valence-electron chi connectivity index (χ4n) is 5.22. The Morgan fingerprint density at radius 3 is 2.39 bits per heavy atom. The van der Waals surface area contributed by atoms with E-state index in [0.717, 1.165) is 32.4 Å². The Balaban J connectivity index is 1.44. The van der Waals surface area contributed by atoms with Gasteiger partial charge in [0.15, 0.2) is 0 Å². The van der Waals surface area contributed by atoms with Crippen molar-refractivity contribution in [2.45, 2.75) is 74.8 Å². The molecule has 0 aromatic heterocycles. The predicted molar refractivity (Wildman–Crippen MR) is 120 cm³/mol. The minimum Gasteiger partial charge on any atom is -0.495 e. The molecule has 3 aliphatic rings. The molecule has 1 unspecified atom stereocenters. The van der Waals surface area contributed by atoms with Crippen LogP contribution < -0.4 is 10.1 Å².